The van der Waals surface area contributed by atoms with Crippen molar-refractivity contribution < 1.29 is 5.11 Å². The Bertz CT molecular complexity index is 518. The van der Waals surface area contributed by atoms with E-state index in [2.05, 4.69) is 27.5 Å². The van der Waals surface area contributed by atoms with Crippen LogP contribution < -0.4 is 10.6 Å². The third-order valence-electron chi connectivity index (χ3n) is 2.88. The number of aliphatic hydroxyl groups is 1. The molecule has 1 unspecified atom stereocenters. The van der Waals surface area contributed by atoms with Crippen LogP contribution in [0.5, 0.6) is 0 Å². The van der Waals surface area contributed by atoms with Gasteiger partial charge in [0.2, 0.25) is 0 Å². The summed E-state index contributed by atoms with van der Waals surface area (Å²) in [4.78, 5) is 8.28. The lowest BCUT2D eigenvalue weighted by Crippen LogP contribution is -2.13. The number of hydrogen-bond acceptors (Lipinski definition) is 5. The summed E-state index contributed by atoms with van der Waals surface area (Å²) in [5.41, 5.74) is 0.887. The highest BCUT2D eigenvalue weighted by Crippen LogP contribution is 2.14. The van der Waals surface area contributed by atoms with E-state index in [1.807, 2.05) is 36.4 Å². The summed E-state index contributed by atoms with van der Waals surface area (Å²) < 4.78 is 0. The molecule has 0 aliphatic heterocycles. The molecule has 1 heterocycles. The molecular formula is C15H20N4O. The molecular weight excluding hydrogens is 252 g/mol. The van der Waals surface area contributed by atoms with E-state index < -0.39 is 6.10 Å². The van der Waals surface area contributed by atoms with Gasteiger partial charge in [-0.1, -0.05) is 37.3 Å². The van der Waals surface area contributed by atoms with Gasteiger partial charge in [0, 0.05) is 19.2 Å². The maximum Gasteiger partial charge on any atom is 0.131 e. The number of aliphatic hydroxyl groups excluding tert-OH is 1. The van der Waals surface area contributed by atoms with Crippen LogP contribution in [0.15, 0.2) is 42.7 Å². The number of rotatable bonds is 7. The molecule has 0 spiro atoms. The molecule has 0 aliphatic rings. The van der Waals surface area contributed by atoms with Gasteiger partial charge in [0.15, 0.2) is 0 Å². The zero-order valence-corrected chi connectivity index (χ0v) is 11.6. The minimum Gasteiger partial charge on any atom is -0.387 e. The highest BCUT2D eigenvalue weighted by molar-refractivity contribution is 5.46. The molecule has 0 fully saturated rings. The maximum absolute atomic E-state index is 10.1. The van der Waals surface area contributed by atoms with Crippen LogP contribution in [0.3, 0.4) is 0 Å². The van der Waals surface area contributed by atoms with Crippen LogP contribution in [-0.4, -0.2) is 28.2 Å². The summed E-state index contributed by atoms with van der Waals surface area (Å²) in [6, 6.07) is 11.4. The molecule has 3 N–H and O–H groups in total. The highest BCUT2D eigenvalue weighted by atomic mass is 16.3. The van der Waals surface area contributed by atoms with E-state index in [-0.39, 0.29) is 0 Å². The second kappa shape index (κ2) is 7.45. The Labute approximate surface area is 119 Å². The van der Waals surface area contributed by atoms with Gasteiger partial charge in [0.25, 0.3) is 0 Å². The molecule has 20 heavy (non-hydrogen) atoms. The molecule has 5 heteroatoms. The molecule has 1 aromatic carbocycles. The van der Waals surface area contributed by atoms with Crippen molar-refractivity contribution in [3.8, 4) is 0 Å². The van der Waals surface area contributed by atoms with Gasteiger partial charge in [-0.3, -0.25) is 0 Å². The predicted octanol–water partition coefficient (Wildman–Crippen LogP) is 2.44. The molecule has 2 aromatic rings. The van der Waals surface area contributed by atoms with Gasteiger partial charge in [-0.25, -0.2) is 9.97 Å². The second-order valence-corrected chi connectivity index (χ2v) is 4.52. The fourth-order valence-corrected chi connectivity index (χ4v) is 1.80. The van der Waals surface area contributed by atoms with Gasteiger partial charge in [-0.2, -0.15) is 0 Å². The minimum atomic E-state index is -0.557. The monoisotopic (exact) mass is 272 g/mol. The number of nitrogens with one attached hydrogen (secondary N) is 2. The van der Waals surface area contributed by atoms with E-state index in [1.54, 1.807) is 0 Å². The van der Waals surface area contributed by atoms with E-state index in [0.29, 0.717) is 12.4 Å². The number of hydrogen-bond donors (Lipinski definition) is 3. The summed E-state index contributed by atoms with van der Waals surface area (Å²) in [7, 11) is 0. The van der Waals surface area contributed by atoms with Crippen LogP contribution in [0, 0.1) is 0 Å². The van der Waals surface area contributed by atoms with Gasteiger partial charge >= 0.3 is 0 Å². The van der Waals surface area contributed by atoms with Crippen molar-refractivity contribution >= 4 is 11.6 Å². The van der Waals surface area contributed by atoms with Crippen molar-refractivity contribution in [1.82, 2.24) is 9.97 Å². The maximum atomic E-state index is 10.1. The van der Waals surface area contributed by atoms with E-state index in [0.717, 1.165) is 24.3 Å². The normalized spacial score (nSPS) is 11.9. The van der Waals surface area contributed by atoms with E-state index in [4.69, 9.17) is 0 Å². The highest BCUT2D eigenvalue weighted by Gasteiger charge is 2.07. The molecule has 106 valence electrons. The van der Waals surface area contributed by atoms with Crippen LogP contribution in [-0.2, 0) is 0 Å². The van der Waals surface area contributed by atoms with Gasteiger partial charge < -0.3 is 15.7 Å². The van der Waals surface area contributed by atoms with Gasteiger partial charge in [-0.15, -0.1) is 0 Å². The second-order valence-electron chi connectivity index (χ2n) is 4.52. The summed E-state index contributed by atoms with van der Waals surface area (Å²) in [5, 5.41) is 16.4. The van der Waals surface area contributed by atoms with Crippen molar-refractivity contribution in [2.75, 3.05) is 23.7 Å². The molecule has 0 radical (unpaired) electrons. The van der Waals surface area contributed by atoms with Crippen molar-refractivity contribution in [1.29, 1.82) is 0 Å². The zero-order chi connectivity index (χ0) is 14.2. The van der Waals surface area contributed by atoms with Crippen molar-refractivity contribution in [2.24, 2.45) is 0 Å². The molecule has 0 saturated carbocycles. The SMILES string of the molecule is CCCNc1cc(NCC(O)c2ccccc2)ncn1. The van der Waals surface area contributed by atoms with Crippen molar-refractivity contribution in [3.63, 3.8) is 0 Å². The summed E-state index contributed by atoms with van der Waals surface area (Å²) in [5.74, 6) is 1.49. The number of aromatic nitrogens is 2. The Balaban J connectivity index is 1.90. The first kappa shape index (κ1) is 14.3. The fourth-order valence-electron chi connectivity index (χ4n) is 1.80. The standard InChI is InChI=1S/C15H20N4O/c1-2-8-16-14-9-15(19-11-18-14)17-10-13(20)12-6-4-3-5-7-12/h3-7,9,11,13,20H,2,8,10H2,1H3,(H2,16,17,18,19). The van der Waals surface area contributed by atoms with E-state index in [9.17, 15) is 5.11 Å². The Hall–Kier alpha value is -2.14. The van der Waals surface area contributed by atoms with Gasteiger partial charge in [-0.05, 0) is 12.0 Å². The molecule has 5 nitrogen and oxygen atoms in total. The fraction of sp³-hybridized carbons (Fsp3) is 0.333. The zero-order valence-electron chi connectivity index (χ0n) is 11.6. The lowest BCUT2D eigenvalue weighted by atomic mass is 10.1. The lowest BCUT2D eigenvalue weighted by molar-refractivity contribution is 0.191. The molecule has 0 saturated heterocycles. The lowest BCUT2D eigenvalue weighted by Gasteiger charge is -2.13. The Morgan fingerprint density at radius 3 is 2.50 bits per heavy atom. The Morgan fingerprint density at radius 1 is 1.10 bits per heavy atom. The first-order chi connectivity index (χ1) is 9.79. The molecule has 1 atom stereocenters. The van der Waals surface area contributed by atoms with Crippen LogP contribution in [0.25, 0.3) is 0 Å². The first-order valence-corrected chi connectivity index (χ1v) is 6.82. The van der Waals surface area contributed by atoms with Crippen LogP contribution in [0.1, 0.15) is 25.0 Å². The van der Waals surface area contributed by atoms with E-state index in [1.165, 1.54) is 6.33 Å². The average Bonchev–Trinajstić information content (AvgIpc) is 2.52. The molecule has 0 bridgehead atoms. The third kappa shape index (κ3) is 4.20. The topological polar surface area (TPSA) is 70.1 Å². The Morgan fingerprint density at radius 2 is 1.80 bits per heavy atom. The van der Waals surface area contributed by atoms with Crippen molar-refractivity contribution in [3.05, 3.63) is 48.3 Å². The van der Waals surface area contributed by atoms with Gasteiger partial charge in [0.05, 0.1) is 6.10 Å². The summed E-state index contributed by atoms with van der Waals surface area (Å²) in [6.45, 7) is 3.39. The minimum absolute atomic E-state index is 0.411. The quantitative estimate of drug-likeness (QED) is 0.722. The number of nitrogens with zero attached hydrogens (tertiary/aromatic N) is 2. The van der Waals surface area contributed by atoms with Crippen molar-refractivity contribution in [2.45, 2.75) is 19.4 Å². The first-order valence-electron chi connectivity index (χ1n) is 6.82. The molecule has 1 aromatic heterocycles. The largest absolute Gasteiger partial charge is 0.387 e. The third-order valence-corrected chi connectivity index (χ3v) is 2.88. The van der Waals surface area contributed by atoms with Crippen LogP contribution in [0.4, 0.5) is 11.6 Å². The molecule has 0 amide bonds. The molecule has 2 rings (SSSR count). The number of benzene rings is 1. The average molecular weight is 272 g/mol. The van der Waals surface area contributed by atoms with Gasteiger partial charge in [0.1, 0.15) is 18.0 Å². The summed E-state index contributed by atoms with van der Waals surface area (Å²) in [6.07, 6.45) is 1.99. The Kier molecular flexibility index (Phi) is 5.32. The van der Waals surface area contributed by atoms with Crippen LogP contribution >= 0.6 is 0 Å². The predicted molar refractivity (Wildman–Crippen MR) is 80.7 cm³/mol. The smallest absolute Gasteiger partial charge is 0.131 e. The number of anilines is 2. The van der Waals surface area contributed by atoms with Crippen LogP contribution in [0.2, 0.25) is 0 Å². The molecule has 0 aliphatic carbocycles. The summed E-state index contributed by atoms with van der Waals surface area (Å²) >= 11 is 0. The van der Waals surface area contributed by atoms with E-state index >= 15 is 0 Å².